The SMILES string of the molecule is C[C@@H](c1nnc(-c2ccccc2)o1)N1CCC(c2ccc(O)cc2)CC1. The monoisotopic (exact) mass is 349 g/mol. The third-order valence-corrected chi connectivity index (χ3v) is 5.26. The molecule has 1 fully saturated rings. The zero-order valence-corrected chi connectivity index (χ0v) is 14.9. The molecule has 0 aliphatic carbocycles. The largest absolute Gasteiger partial charge is 0.508 e. The minimum atomic E-state index is 0.112. The predicted molar refractivity (Wildman–Crippen MR) is 99.8 cm³/mol. The Labute approximate surface area is 153 Å². The molecule has 0 saturated carbocycles. The van der Waals surface area contributed by atoms with E-state index in [1.807, 2.05) is 42.5 Å². The molecule has 0 bridgehead atoms. The molecule has 0 amide bonds. The lowest BCUT2D eigenvalue weighted by Crippen LogP contribution is -2.35. The van der Waals surface area contributed by atoms with Crippen molar-refractivity contribution in [3.05, 3.63) is 66.1 Å². The van der Waals surface area contributed by atoms with E-state index in [4.69, 9.17) is 4.42 Å². The lowest BCUT2D eigenvalue weighted by molar-refractivity contribution is 0.143. The molecule has 0 spiro atoms. The molecule has 5 nitrogen and oxygen atoms in total. The Bertz CT molecular complexity index is 837. The second kappa shape index (κ2) is 7.30. The summed E-state index contributed by atoms with van der Waals surface area (Å²) in [6.07, 6.45) is 2.18. The minimum Gasteiger partial charge on any atom is -0.508 e. The molecule has 1 atom stereocenters. The average Bonchev–Trinajstić information content (AvgIpc) is 3.19. The van der Waals surface area contributed by atoms with Crippen LogP contribution in [0.15, 0.2) is 59.0 Å². The Hall–Kier alpha value is -2.66. The highest BCUT2D eigenvalue weighted by molar-refractivity contribution is 5.51. The Morgan fingerprint density at radius 3 is 2.38 bits per heavy atom. The van der Waals surface area contributed by atoms with E-state index >= 15 is 0 Å². The molecule has 1 N–H and O–H groups in total. The molecule has 26 heavy (non-hydrogen) atoms. The average molecular weight is 349 g/mol. The number of hydrogen-bond acceptors (Lipinski definition) is 5. The molecular formula is C21H23N3O2. The van der Waals surface area contributed by atoms with Gasteiger partial charge in [0, 0.05) is 5.56 Å². The van der Waals surface area contributed by atoms with E-state index < -0.39 is 0 Å². The topological polar surface area (TPSA) is 62.4 Å². The number of piperidine rings is 1. The summed E-state index contributed by atoms with van der Waals surface area (Å²) in [7, 11) is 0. The Balaban J connectivity index is 1.40. The smallest absolute Gasteiger partial charge is 0.247 e. The van der Waals surface area contributed by atoms with Crippen molar-refractivity contribution in [1.82, 2.24) is 15.1 Å². The van der Waals surface area contributed by atoms with Gasteiger partial charge in [0.15, 0.2) is 0 Å². The fraction of sp³-hybridized carbons (Fsp3) is 0.333. The fourth-order valence-electron chi connectivity index (χ4n) is 3.62. The summed E-state index contributed by atoms with van der Waals surface area (Å²) in [5.41, 5.74) is 2.25. The molecule has 5 heteroatoms. The van der Waals surface area contributed by atoms with Crippen molar-refractivity contribution in [3.8, 4) is 17.2 Å². The van der Waals surface area contributed by atoms with Gasteiger partial charge < -0.3 is 9.52 Å². The van der Waals surface area contributed by atoms with E-state index in [1.165, 1.54) is 5.56 Å². The highest BCUT2D eigenvalue weighted by atomic mass is 16.4. The highest BCUT2D eigenvalue weighted by Crippen LogP contribution is 2.33. The maximum Gasteiger partial charge on any atom is 0.247 e. The lowest BCUT2D eigenvalue weighted by Gasteiger charge is -2.34. The summed E-state index contributed by atoms with van der Waals surface area (Å²) in [5, 5.41) is 17.9. The van der Waals surface area contributed by atoms with Crippen LogP contribution in [0.1, 0.15) is 43.2 Å². The number of nitrogens with zero attached hydrogens (tertiary/aromatic N) is 3. The number of aromatic hydroxyl groups is 1. The molecular weight excluding hydrogens is 326 g/mol. The van der Waals surface area contributed by atoms with Crippen molar-refractivity contribution < 1.29 is 9.52 Å². The number of phenols is 1. The van der Waals surface area contributed by atoms with Gasteiger partial charge in [0.1, 0.15) is 5.75 Å². The first-order chi connectivity index (χ1) is 12.7. The van der Waals surface area contributed by atoms with Gasteiger partial charge in [-0.2, -0.15) is 0 Å². The van der Waals surface area contributed by atoms with Gasteiger partial charge in [0.2, 0.25) is 11.8 Å². The number of phenolic OH excluding ortho intramolecular Hbond substituents is 1. The Morgan fingerprint density at radius 2 is 1.69 bits per heavy atom. The van der Waals surface area contributed by atoms with E-state index in [0.717, 1.165) is 31.5 Å². The van der Waals surface area contributed by atoms with Crippen LogP contribution < -0.4 is 0 Å². The molecule has 1 saturated heterocycles. The third kappa shape index (κ3) is 3.48. The van der Waals surface area contributed by atoms with Gasteiger partial charge in [-0.1, -0.05) is 30.3 Å². The predicted octanol–water partition coefficient (Wildman–Crippen LogP) is 4.38. The van der Waals surface area contributed by atoms with Gasteiger partial charge in [-0.15, -0.1) is 10.2 Å². The van der Waals surface area contributed by atoms with Gasteiger partial charge in [-0.05, 0) is 68.6 Å². The van der Waals surface area contributed by atoms with Crippen LogP contribution in [-0.4, -0.2) is 33.3 Å². The van der Waals surface area contributed by atoms with Crippen molar-refractivity contribution in [2.75, 3.05) is 13.1 Å². The summed E-state index contributed by atoms with van der Waals surface area (Å²) in [6.45, 7) is 4.12. The van der Waals surface area contributed by atoms with Crippen LogP contribution in [0.2, 0.25) is 0 Å². The summed E-state index contributed by atoms with van der Waals surface area (Å²) in [5.74, 6) is 2.12. The second-order valence-corrected chi connectivity index (χ2v) is 6.89. The van der Waals surface area contributed by atoms with E-state index in [-0.39, 0.29) is 6.04 Å². The molecule has 4 rings (SSSR count). The van der Waals surface area contributed by atoms with E-state index in [9.17, 15) is 5.11 Å². The molecule has 3 aromatic rings. The maximum atomic E-state index is 9.45. The molecule has 0 radical (unpaired) electrons. The van der Waals surface area contributed by atoms with Crippen LogP contribution >= 0.6 is 0 Å². The number of aromatic nitrogens is 2. The van der Waals surface area contributed by atoms with Crippen molar-refractivity contribution in [3.63, 3.8) is 0 Å². The Kier molecular flexibility index (Phi) is 4.71. The van der Waals surface area contributed by atoms with Crippen LogP contribution in [0.4, 0.5) is 0 Å². The van der Waals surface area contributed by atoms with Crippen LogP contribution in [0.25, 0.3) is 11.5 Å². The molecule has 1 aliphatic heterocycles. The third-order valence-electron chi connectivity index (χ3n) is 5.26. The van der Waals surface area contributed by atoms with E-state index in [1.54, 1.807) is 12.1 Å². The number of benzene rings is 2. The summed E-state index contributed by atoms with van der Waals surface area (Å²) < 4.78 is 5.92. The first kappa shape index (κ1) is 16.8. The van der Waals surface area contributed by atoms with Crippen molar-refractivity contribution in [2.24, 2.45) is 0 Å². The second-order valence-electron chi connectivity index (χ2n) is 6.89. The number of hydrogen-bond donors (Lipinski definition) is 1. The molecule has 134 valence electrons. The van der Waals surface area contributed by atoms with Gasteiger partial charge in [-0.25, -0.2) is 0 Å². The maximum absolute atomic E-state index is 9.45. The minimum absolute atomic E-state index is 0.112. The van der Waals surface area contributed by atoms with Gasteiger partial charge >= 0.3 is 0 Å². The first-order valence-corrected chi connectivity index (χ1v) is 9.12. The molecule has 1 aromatic heterocycles. The molecule has 0 unspecified atom stereocenters. The molecule has 1 aliphatic rings. The van der Waals surface area contributed by atoms with Crippen LogP contribution in [-0.2, 0) is 0 Å². The standard InChI is InChI=1S/C21H23N3O2/c1-15(20-22-23-21(26-20)18-5-3-2-4-6-18)24-13-11-17(12-14-24)16-7-9-19(25)10-8-16/h2-10,15,17,25H,11-14H2,1H3/t15-/m0/s1. The van der Waals surface area contributed by atoms with Gasteiger partial charge in [0.25, 0.3) is 0 Å². The van der Waals surface area contributed by atoms with Crippen molar-refractivity contribution in [2.45, 2.75) is 31.7 Å². The molecule has 2 aromatic carbocycles. The summed E-state index contributed by atoms with van der Waals surface area (Å²) in [6, 6.07) is 17.6. The highest BCUT2D eigenvalue weighted by Gasteiger charge is 2.27. The van der Waals surface area contributed by atoms with Gasteiger partial charge in [0.05, 0.1) is 6.04 Å². The van der Waals surface area contributed by atoms with E-state index in [2.05, 4.69) is 22.0 Å². The van der Waals surface area contributed by atoms with Crippen LogP contribution in [0.5, 0.6) is 5.75 Å². The van der Waals surface area contributed by atoms with Crippen LogP contribution in [0.3, 0.4) is 0 Å². The zero-order valence-electron chi connectivity index (χ0n) is 14.9. The Morgan fingerprint density at radius 1 is 1.00 bits per heavy atom. The molecule has 2 heterocycles. The van der Waals surface area contributed by atoms with Gasteiger partial charge in [-0.3, -0.25) is 4.90 Å². The van der Waals surface area contributed by atoms with Crippen molar-refractivity contribution >= 4 is 0 Å². The fourth-order valence-corrected chi connectivity index (χ4v) is 3.62. The summed E-state index contributed by atoms with van der Waals surface area (Å²) >= 11 is 0. The van der Waals surface area contributed by atoms with Crippen LogP contribution in [0, 0.1) is 0 Å². The zero-order chi connectivity index (χ0) is 17.9. The number of rotatable bonds is 4. The lowest BCUT2D eigenvalue weighted by atomic mass is 9.89. The number of likely N-dealkylation sites (tertiary alicyclic amines) is 1. The van der Waals surface area contributed by atoms with E-state index in [0.29, 0.717) is 23.4 Å². The summed E-state index contributed by atoms with van der Waals surface area (Å²) in [4.78, 5) is 2.40. The normalized spacial score (nSPS) is 17.3. The quantitative estimate of drug-likeness (QED) is 0.757. The first-order valence-electron chi connectivity index (χ1n) is 9.12. The van der Waals surface area contributed by atoms with Crippen molar-refractivity contribution in [1.29, 1.82) is 0 Å².